The average Bonchev–Trinajstić information content (AvgIpc) is 2.54. The van der Waals surface area contributed by atoms with E-state index in [-0.39, 0.29) is 0 Å². The third-order valence-electron chi connectivity index (χ3n) is 1.53. The molecule has 0 N–H and O–H groups in total. The van der Waals surface area contributed by atoms with Gasteiger partial charge in [-0.1, -0.05) is 0 Å². The summed E-state index contributed by atoms with van der Waals surface area (Å²) in [6.07, 6.45) is 8.63. The second kappa shape index (κ2) is 2.73. The van der Waals surface area contributed by atoms with Crippen LogP contribution in [0.2, 0.25) is 0 Å². The fourth-order valence-electron chi connectivity index (χ4n) is 0.971. The van der Waals surface area contributed by atoms with Crippen molar-refractivity contribution in [2.75, 3.05) is 0 Å². The van der Waals surface area contributed by atoms with Gasteiger partial charge in [-0.2, -0.15) is 0 Å². The summed E-state index contributed by atoms with van der Waals surface area (Å²) in [4.78, 5) is 12.2. The fourth-order valence-corrected chi connectivity index (χ4v) is 0.971. The molecule has 60 valence electrons. The Morgan fingerprint density at radius 2 is 2.17 bits per heavy atom. The van der Waals surface area contributed by atoms with E-state index < -0.39 is 0 Å². The minimum absolute atomic E-state index is 0.790. The first-order valence-corrected chi connectivity index (χ1v) is 3.63. The Labute approximate surface area is 69.9 Å². The molecule has 2 heterocycles. The van der Waals surface area contributed by atoms with Crippen molar-refractivity contribution in [3.8, 4) is 5.82 Å². The van der Waals surface area contributed by atoms with Crippen LogP contribution in [0.15, 0.2) is 31.1 Å². The zero-order valence-corrected chi connectivity index (χ0v) is 6.68. The van der Waals surface area contributed by atoms with E-state index in [1.807, 2.05) is 17.7 Å². The van der Waals surface area contributed by atoms with Crippen LogP contribution in [0.3, 0.4) is 0 Å². The maximum Gasteiger partial charge on any atom is 0.156 e. The van der Waals surface area contributed by atoms with E-state index in [0.29, 0.717) is 0 Å². The predicted molar refractivity (Wildman–Crippen MR) is 43.9 cm³/mol. The minimum atomic E-state index is 0.790. The molecule has 12 heavy (non-hydrogen) atoms. The van der Waals surface area contributed by atoms with Gasteiger partial charge >= 0.3 is 0 Å². The summed E-state index contributed by atoms with van der Waals surface area (Å²) in [6, 6.07) is 0. The van der Waals surface area contributed by atoms with E-state index in [9.17, 15) is 0 Å². The van der Waals surface area contributed by atoms with Crippen LogP contribution < -0.4 is 0 Å². The summed E-state index contributed by atoms with van der Waals surface area (Å²) >= 11 is 0. The van der Waals surface area contributed by atoms with Crippen molar-refractivity contribution < 1.29 is 0 Å². The Bertz CT molecular complexity index is 366. The molecule has 0 aliphatic carbocycles. The molecule has 0 aliphatic rings. The van der Waals surface area contributed by atoms with Gasteiger partial charge in [-0.15, -0.1) is 0 Å². The van der Waals surface area contributed by atoms with Crippen LogP contribution in [0, 0.1) is 6.92 Å². The van der Waals surface area contributed by atoms with E-state index in [1.54, 1.807) is 24.9 Å². The van der Waals surface area contributed by atoms with Gasteiger partial charge in [-0.3, -0.25) is 9.55 Å². The number of rotatable bonds is 1. The summed E-state index contributed by atoms with van der Waals surface area (Å²) in [5.41, 5.74) is 0.973. The van der Waals surface area contributed by atoms with Crippen LogP contribution in [0.1, 0.15) is 5.69 Å². The van der Waals surface area contributed by atoms with E-state index in [0.717, 1.165) is 11.5 Å². The van der Waals surface area contributed by atoms with Crippen molar-refractivity contribution in [3.63, 3.8) is 0 Å². The van der Waals surface area contributed by atoms with Gasteiger partial charge in [0.1, 0.15) is 6.33 Å². The third-order valence-corrected chi connectivity index (χ3v) is 1.53. The van der Waals surface area contributed by atoms with Gasteiger partial charge in [-0.25, -0.2) is 9.97 Å². The summed E-state index contributed by atoms with van der Waals surface area (Å²) in [5, 5.41) is 0. The Hall–Kier alpha value is -1.71. The molecule has 0 amide bonds. The van der Waals surface area contributed by atoms with Gasteiger partial charge in [-0.05, 0) is 6.92 Å². The largest absolute Gasteiger partial charge is 0.289 e. The molecule has 0 saturated heterocycles. The molecule has 4 nitrogen and oxygen atoms in total. The first-order chi connectivity index (χ1) is 5.86. The molecule has 0 aliphatic heterocycles. The topological polar surface area (TPSA) is 43.6 Å². The average molecular weight is 160 g/mol. The minimum Gasteiger partial charge on any atom is -0.289 e. The number of nitrogens with zero attached hydrogens (tertiary/aromatic N) is 4. The van der Waals surface area contributed by atoms with Crippen molar-refractivity contribution >= 4 is 0 Å². The van der Waals surface area contributed by atoms with Crippen LogP contribution in [-0.2, 0) is 0 Å². The van der Waals surface area contributed by atoms with Crippen LogP contribution in [0.4, 0.5) is 0 Å². The van der Waals surface area contributed by atoms with E-state index in [2.05, 4.69) is 15.0 Å². The summed E-state index contributed by atoms with van der Waals surface area (Å²) in [5.74, 6) is 0.790. The zero-order valence-electron chi connectivity index (χ0n) is 6.68. The lowest BCUT2D eigenvalue weighted by Crippen LogP contribution is -1.93. The van der Waals surface area contributed by atoms with Crippen LogP contribution in [-0.4, -0.2) is 19.5 Å². The summed E-state index contributed by atoms with van der Waals surface area (Å²) < 4.78 is 1.84. The lowest BCUT2D eigenvalue weighted by molar-refractivity contribution is 0.970. The first-order valence-electron chi connectivity index (χ1n) is 3.63. The second-order valence-electron chi connectivity index (χ2n) is 2.49. The number of hydrogen-bond acceptors (Lipinski definition) is 3. The van der Waals surface area contributed by atoms with Crippen molar-refractivity contribution in [1.82, 2.24) is 19.5 Å². The fraction of sp³-hybridized carbons (Fsp3) is 0.125. The molecule has 0 saturated carbocycles. The highest BCUT2D eigenvalue weighted by Crippen LogP contribution is 2.01. The highest BCUT2D eigenvalue weighted by Gasteiger charge is 1.96. The molecule has 2 aromatic rings. The smallest absolute Gasteiger partial charge is 0.156 e. The van der Waals surface area contributed by atoms with E-state index in [4.69, 9.17) is 0 Å². The molecule has 0 radical (unpaired) electrons. The predicted octanol–water partition coefficient (Wildman–Crippen LogP) is 0.971. The Morgan fingerprint density at radius 1 is 1.25 bits per heavy atom. The quantitative estimate of drug-likeness (QED) is 0.624. The van der Waals surface area contributed by atoms with Gasteiger partial charge in [0, 0.05) is 18.6 Å². The number of imidazole rings is 1. The van der Waals surface area contributed by atoms with E-state index in [1.165, 1.54) is 0 Å². The van der Waals surface area contributed by atoms with Gasteiger partial charge in [0.15, 0.2) is 5.82 Å². The van der Waals surface area contributed by atoms with Gasteiger partial charge < -0.3 is 0 Å². The second-order valence-corrected chi connectivity index (χ2v) is 2.49. The normalized spacial score (nSPS) is 10.1. The lowest BCUT2D eigenvalue weighted by atomic mass is 10.5. The first kappa shape index (κ1) is 6.97. The van der Waals surface area contributed by atoms with Crippen molar-refractivity contribution in [1.29, 1.82) is 0 Å². The molecule has 2 rings (SSSR count). The SMILES string of the molecule is Cc1cn(-c2cnccn2)cn1. The molecule has 0 bridgehead atoms. The van der Waals surface area contributed by atoms with Crippen LogP contribution >= 0.6 is 0 Å². The molecule has 0 aromatic carbocycles. The molecular weight excluding hydrogens is 152 g/mol. The van der Waals surface area contributed by atoms with Crippen LogP contribution in [0.25, 0.3) is 5.82 Å². The third kappa shape index (κ3) is 1.18. The number of aromatic nitrogens is 4. The number of hydrogen-bond donors (Lipinski definition) is 0. The molecule has 2 aromatic heterocycles. The van der Waals surface area contributed by atoms with Crippen molar-refractivity contribution in [2.45, 2.75) is 6.92 Å². The Morgan fingerprint density at radius 3 is 2.75 bits per heavy atom. The molecule has 0 fully saturated rings. The Kier molecular flexibility index (Phi) is 1.59. The maximum atomic E-state index is 4.12. The maximum absolute atomic E-state index is 4.12. The Balaban J connectivity index is 2.45. The summed E-state index contributed by atoms with van der Waals surface area (Å²) in [7, 11) is 0. The van der Waals surface area contributed by atoms with Crippen molar-refractivity contribution in [2.24, 2.45) is 0 Å². The summed E-state index contributed by atoms with van der Waals surface area (Å²) in [6.45, 7) is 1.94. The van der Waals surface area contributed by atoms with Gasteiger partial charge in [0.05, 0.1) is 11.9 Å². The molecule has 0 atom stereocenters. The standard InChI is InChI=1S/C8H8N4/c1-7-5-12(6-11-7)8-4-9-2-3-10-8/h2-6H,1H3. The lowest BCUT2D eigenvalue weighted by Gasteiger charge is -1.96. The molecular formula is C8H8N4. The van der Waals surface area contributed by atoms with Crippen LogP contribution in [0.5, 0.6) is 0 Å². The van der Waals surface area contributed by atoms with Gasteiger partial charge in [0.25, 0.3) is 0 Å². The van der Waals surface area contributed by atoms with E-state index >= 15 is 0 Å². The van der Waals surface area contributed by atoms with Gasteiger partial charge in [0.2, 0.25) is 0 Å². The highest BCUT2D eigenvalue weighted by molar-refractivity contribution is 5.18. The molecule has 0 unspecified atom stereocenters. The zero-order chi connectivity index (χ0) is 8.39. The highest BCUT2D eigenvalue weighted by atomic mass is 15.1. The molecule has 0 spiro atoms. The number of aryl methyl sites for hydroxylation is 1. The monoisotopic (exact) mass is 160 g/mol. The molecule has 4 heteroatoms. The van der Waals surface area contributed by atoms with Crippen molar-refractivity contribution in [3.05, 3.63) is 36.8 Å².